The maximum Gasteiger partial charge on any atom is 0.250 e. The van der Waals surface area contributed by atoms with Crippen molar-refractivity contribution >= 4 is 27.3 Å². The van der Waals surface area contributed by atoms with E-state index >= 15 is 0 Å². The number of hydrogen-bond acceptors (Lipinski definition) is 3. The molecule has 1 rings (SSSR count). The molecule has 15 heavy (non-hydrogen) atoms. The summed E-state index contributed by atoms with van der Waals surface area (Å²) in [6.07, 6.45) is -2.34. The van der Waals surface area contributed by atoms with Crippen LogP contribution in [0.3, 0.4) is 0 Å². The van der Waals surface area contributed by atoms with Crippen molar-refractivity contribution in [2.45, 2.75) is 19.4 Å². The Morgan fingerprint density at radius 2 is 2.27 bits per heavy atom. The molecule has 0 saturated heterocycles. The highest BCUT2D eigenvalue weighted by atomic mass is 79.9. The summed E-state index contributed by atoms with van der Waals surface area (Å²) in [6.45, 7) is 1.97. The predicted octanol–water partition coefficient (Wildman–Crippen LogP) is 2.67. The Bertz CT molecular complexity index is 298. The van der Waals surface area contributed by atoms with Crippen LogP contribution in [-0.2, 0) is 0 Å². The molecule has 1 unspecified atom stereocenters. The van der Waals surface area contributed by atoms with Crippen LogP contribution in [0, 0.1) is 6.92 Å². The molecule has 0 saturated carbocycles. The number of nitrogens with two attached hydrogens (primary N) is 1. The quantitative estimate of drug-likeness (QED) is 0.877. The highest BCUT2D eigenvalue weighted by molar-refractivity contribution is 9.10. The SMILES string of the molecule is Cc1sc(C(CN)NCC(F)F)cc1Br. The summed E-state index contributed by atoms with van der Waals surface area (Å²) in [5.41, 5.74) is 5.53. The zero-order chi connectivity index (χ0) is 11.4. The molecule has 1 aromatic rings. The van der Waals surface area contributed by atoms with Gasteiger partial charge in [0, 0.05) is 20.8 Å². The number of alkyl halides is 2. The van der Waals surface area contributed by atoms with Crippen molar-refractivity contribution in [3.8, 4) is 0 Å². The first kappa shape index (κ1) is 13.0. The summed E-state index contributed by atoms with van der Waals surface area (Å²) in [7, 11) is 0. The van der Waals surface area contributed by atoms with Gasteiger partial charge in [-0.25, -0.2) is 8.78 Å². The average molecular weight is 299 g/mol. The standard InChI is InChI=1S/C9H13BrF2N2S/c1-5-6(10)2-8(15-5)7(3-13)14-4-9(11)12/h2,7,9,14H,3-4,13H2,1H3. The highest BCUT2D eigenvalue weighted by Gasteiger charge is 2.15. The predicted molar refractivity (Wildman–Crippen MR) is 62.6 cm³/mol. The Labute approximate surface area is 100.0 Å². The molecule has 0 bridgehead atoms. The third-order valence-electron chi connectivity index (χ3n) is 1.97. The van der Waals surface area contributed by atoms with E-state index in [1.54, 1.807) is 11.3 Å². The van der Waals surface area contributed by atoms with E-state index in [0.29, 0.717) is 6.54 Å². The van der Waals surface area contributed by atoms with Crippen LogP contribution in [-0.4, -0.2) is 19.5 Å². The van der Waals surface area contributed by atoms with Gasteiger partial charge in [0.05, 0.1) is 12.6 Å². The van der Waals surface area contributed by atoms with Crippen molar-refractivity contribution in [2.75, 3.05) is 13.1 Å². The van der Waals surface area contributed by atoms with Gasteiger partial charge in [0.25, 0.3) is 6.43 Å². The lowest BCUT2D eigenvalue weighted by Crippen LogP contribution is -2.31. The lowest BCUT2D eigenvalue weighted by Gasteiger charge is -2.14. The van der Waals surface area contributed by atoms with E-state index in [-0.39, 0.29) is 12.6 Å². The van der Waals surface area contributed by atoms with Crippen LogP contribution < -0.4 is 11.1 Å². The molecule has 0 fully saturated rings. The van der Waals surface area contributed by atoms with Crippen LogP contribution in [0.1, 0.15) is 15.8 Å². The van der Waals surface area contributed by atoms with Crippen molar-refractivity contribution < 1.29 is 8.78 Å². The van der Waals surface area contributed by atoms with E-state index in [1.165, 1.54) is 0 Å². The third kappa shape index (κ3) is 3.79. The fourth-order valence-corrected chi connectivity index (χ4v) is 2.83. The molecule has 0 aliphatic heterocycles. The second kappa shape index (κ2) is 5.89. The van der Waals surface area contributed by atoms with Crippen LogP contribution in [0.15, 0.2) is 10.5 Å². The topological polar surface area (TPSA) is 38.0 Å². The molecule has 3 N–H and O–H groups in total. The first-order chi connectivity index (χ1) is 7.04. The Morgan fingerprint density at radius 1 is 1.60 bits per heavy atom. The fourth-order valence-electron chi connectivity index (χ4n) is 1.18. The summed E-state index contributed by atoms with van der Waals surface area (Å²) >= 11 is 4.95. The van der Waals surface area contributed by atoms with Gasteiger partial charge in [-0.15, -0.1) is 11.3 Å². The summed E-state index contributed by atoms with van der Waals surface area (Å²) < 4.78 is 25.0. The monoisotopic (exact) mass is 298 g/mol. The number of aryl methyl sites for hydroxylation is 1. The highest BCUT2D eigenvalue weighted by Crippen LogP contribution is 2.30. The number of nitrogens with one attached hydrogen (secondary N) is 1. The Balaban J connectivity index is 2.65. The van der Waals surface area contributed by atoms with Gasteiger partial charge in [-0.2, -0.15) is 0 Å². The molecule has 2 nitrogen and oxygen atoms in total. The molecular weight excluding hydrogens is 286 g/mol. The van der Waals surface area contributed by atoms with Crippen molar-refractivity contribution in [1.82, 2.24) is 5.32 Å². The van der Waals surface area contributed by atoms with Crippen molar-refractivity contribution in [3.05, 3.63) is 20.3 Å². The molecule has 86 valence electrons. The second-order valence-corrected chi connectivity index (χ2v) is 5.28. The first-order valence-electron chi connectivity index (χ1n) is 4.52. The largest absolute Gasteiger partial charge is 0.329 e. The third-order valence-corrected chi connectivity index (χ3v) is 4.22. The van der Waals surface area contributed by atoms with E-state index in [9.17, 15) is 8.78 Å². The van der Waals surface area contributed by atoms with Gasteiger partial charge in [-0.1, -0.05) is 0 Å². The van der Waals surface area contributed by atoms with Crippen LogP contribution in [0.5, 0.6) is 0 Å². The molecule has 1 heterocycles. The molecule has 0 radical (unpaired) electrons. The fraction of sp³-hybridized carbons (Fsp3) is 0.556. The number of thiophene rings is 1. The number of rotatable bonds is 5. The van der Waals surface area contributed by atoms with Crippen molar-refractivity contribution in [3.63, 3.8) is 0 Å². The minimum Gasteiger partial charge on any atom is -0.329 e. The summed E-state index contributed by atoms with van der Waals surface area (Å²) in [5.74, 6) is 0. The van der Waals surface area contributed by atoms with Crippen LogP contribution in [0.4, 0.5) is 8.78 Å². The Hall–Kier alpha value is -0.0400. The van der Waals surface area contributed by atoms with Gasteiger partial charge in [-0.05, 0) is 28.9 Å². The van der Waals surface area contributed by atoms with Crippen molar-refractivity contribution in [1.29, 1.82) is 0 Å². The van der Waals surface area contributed by atoms with Gasteiger partial charge in [0.1, 0.15) is 0 Å². The minimum atomic E-state index is -2.34. The molecule has 0 amide bonds. The summed E-state index contributed by atoms with van der Waals surface area (Å²) in [6, 6.07) is 1.74. The Morgan fingerprint density at radius 3 is 2.67 bits per heavy atom. The molecule has 1 aromatic heterocycles. The van der Waals surface area contributed by atoms with Crippen LogP contribution in [0.25, 0.3) is 0 Å². The normalized spacial score (nSPS) is 13.5. The zero-order valence-electron chi connectivity index (χ0n) is 8.27. The zero-order valence-corrected chi connectivity index (χ0v) is 10.7. The molecule has 1 atom stereocenters. The molecule has 0 aliphatic rings. The van der Waals surface area contributed by atoms with E-state index in [0.717, 1.165) is 14.2 Å². The van der Waals surface area contributed by atoms with E-state index in [2.05, 4.69) is 21.2 Å². The van der Waals surface area contributed by atoms with Crippen LogP contribution >= 0.6 is 27.3 Å². The molecular formula is C9H13BrF2N2S. The van der Waals surface area contributed by atoms with E-state index in [4.69, 9.17) is 5.73 Å². The Kier molecular flexibility index (Phi) is 5.11. The summed E-state index contributed by atoms with van der Waals surface area (Å²) in [4.78, 5) is 2.12. The lowest BCUT2D eigenvalue weighted by atomic mass is 10.2. The smallest absolute Gasteiger partial charge is 0.250 e. The lowest BCUT2D eigenvalue weighted by molar-refractivity contribution is 0.142. The molecule has 0 spiro atoms. The minimum absolute atomic E-state index is 0.186. The number of hydrogen-bond donors (Lipinski definition) is 2. The average Bonchev–Trinajstić information content (AvgIpc) is 2.47. The first-order valence-corrected chi connectivity index (χ1v) is 6.13. The van der Waals surface area contributed by atoms with Gasteiger partial charge < -0.3 is 11.1 Å². The van der Waals surface area contributed by atoms with E-state index in [1.807, 2.05) is 13.0 Å². The number of halogens is 3. The summed E-state index contributed by atoms with van der Waals surface area (Å²) in [5, 5.41) is 2.74. The van der Waals surface area contributed by atoms with Crippen molar-refractivity contribution in [2.24, 2.45) is 5.73 Å². The molecule has 6 heteroatoms. The maximum absolute atomic E-state index is 12.0. The maximum atomic E-state index is 12.0. The van der Waals surface area contributed by atoms with Gasteiger partial charge in [0.2, 0.25) is 0 Å². The van der Waals surface area contributed by atoms with Crippen LogP contribution in [0.2, 0.25) is 0 Å². The molecule has 0 aromatic carbocycles. The molecule has 0 aliphatic carbocycles. The van der Waals surface area contributed by atoms with Gasteiger partial charge in [-0.3, -0.25) is 0 Å². The van der Waals surface area contributed by atoms with Gasteiger partial charge >= 0.3 is 0 Å². The van der Waals surface area contributed by atoms with E-state index < -0.39 is 6.43 Å². The second-order valence-electron chi connectivity index (χ2n) is 3.14. The van der Waals surface area contributed by atoms with Gasteiger partial charge in [0.15, 0.2) is 0 Å².